The van der Waals surface area contributed by atoms with Gasteiger partial charge in [0.1, 0.15) is 0 Å². The summed E-state index contributed by atoms with van der Waals surface area (Å²) in [6.07, 6.45) is 12.4. The molecule has 0 bridgehead atoms. The van der Waals surface area contributed by atoms with Crippen molar-refractivity contribution in [1.82, 2.24) is 15.3 Å². The van der Waals surface area contributed by atoms with Gasteiger partial charge in [-0.25, -0.2) is 0 Å². The fraction of sp³-hybridized carbons (Fsp3) is 0.692. The SMILES string of the molecule is CNC(CSC1CCCCC1)c1cnccn1. The Morgan fingerprint density at radius 3 is 2.82 bits per heavy atom. The van der Waals surface area contributed by atoms with Gasteiger partial charge in [0.05, 0.1) is 11.7 Å². The molecule has 1 fully saturated rings. The Balaban J connectivity index is 1.83. The predicted molar refractivity (Wildman–Crippen MR) is 73.2 cm³/mol. The molecular formula is C13H21N3S. The van der Waals surface area contributed by atoms with Crippen molar-refractivity contribution in [3.63, 3.8) is 0 Å². The molecule has 2 rings (SSSR count). The van der Waals surface area contributed by atoms with E-state index in [1.54, 1.807) is 12.4 Å². The van der Waals surface area contributed by atoms with Crippen LogP contribution in [0.15, 0.2) is 18.6 Å². The van der Waals surface area contributed by atoms with Crippen molar-refractivity contribution < 1.29 is 0 Å². The van der Waals surface area contributed by atoms with Crippen LogP contribution in [0.4, 0.5) is 0 Å². The van der Waals surface area contributed by atoms with Crippen LogP contribution in [-0.4, -0.2) is 28.0 Å². The molecule has 1 N–H and O–H groups in total. The maximum atomic E-state index is 4.38. The lowest BCUT2D eigenvalue weighted by atomic mass is 10.0. The second-order valence-corrected chi connectivity index (χ2v) is 5.90. The van der Waals surface area contributed by atoms with Crippen LogP contribution in [0.5, 0.6) is 0 Å². The van der Waals surface area contributed by atoms with Crippen LogP contribution in [0.25, 0.3) is 0 Å². The van der Waals surface area contributed by atoms with Crippen molar-refractivity contribution in [2.24, 2.45) is 0 Å². The van der Waals surface area contributed by atoms with Crippen LogP contribution in [0.1, 0.15) is 43.8 Å². The molecule has 1 heterocycles. The van der Waals surface area contributed by atoms with E-state index in [-0.39, 0.29) is 0 Å². The lowest BCUT2D eigenvalue weighted by Gasteiger charge is -2.23. The monoisotopic (exact) mass is 251 g/mol. The van der Waals surface area contributed by atoms with Crippen LogP contribution in [0, 0.1) is 0 Å². The molecule has 94 valence electrons. The van der Waals surface area contributed by atoms with Gasteiger partial charge in [0, 0.05) is 29.6 Å². The van der Waals surface area contributed by atoms with Crippen molar-refractivity contribution in [2.45, 2.75) is 43.4 Å². The van der Waals surface area contributed by atoms with Crippen molar-refractivity contribution in [1.29, 1.82) is 0 Å². The minimum absolute atomic E-state index is 0.329. The summed E-state index contributed by atoms with van der Waals surface area (Å²) in [7, 11) is 2.00. The number of thioether (sulfide) groups is 1. The van der Waals surface area contributed by atoms with Crippen molar-refractivity contribution in [3.8, 4) is 0 Å². The molecule has 0 spiro atoms. The van der Waals surface area contributed by atoms with E-state index in [0.29, 0.717) is 6.04 Å². The van der Waals surface area contributed by atoms with Gasteiger partial charge in [0.25, 0.3) is 0 Å². The largest absolute Gasteiger partial charge is 0.311 e. The molecule has 1 aliphatic carbocycles. The molecular weight excluding hydrogens is 230 g/mol. The molecule has 1 aliphatic rings. The van der Waals surface area contributed by atoms with Gasteiger partial charge in [0.2, 0.25) is 0 Å². The highest BCUT2D eigenvalue weighted by Gasteiger charge is 2.17. The molecule has 1 unspecified atom stereocenters. The van der Waals surface area contributed by atoms with Crippen LogP contribution in [-0.2, 0) is 0 Å². The van der Waals surface area contributed by atoms with Gasteiger partial charge in [-0.15, -0.1) is 0 Å². The zero-order valence-electron chi connectivity index (χ0n) is 10.4. The average Bonchev–Trinajstić information content (AvgIpc) is 2.42. The van der Waals surface area contributed by atoms with Crippen molar-refractivity contribution in [3.05, 3.63) is 24.3 Å². The Hall–Kier alpha value is -0.610. The molecule has 1 aromatic heterocycles. The molecule has 1 aromatic rings. The molecule has 17 heavy (non-hydrogen) atoms. The highest BCUT2D eigenvalue weighted by Crippen LogP contribution is 2.30. The first-order valence-corrected chi connectivity index (χ1v) is 7.50. The Morgan fingerprint density at radius 1 is 1.35 bits per heavy atom. The number of nitrogens with zero attached hydrogens (tertiary/aromatic N) is 2. The number of rotatable bonds is 5. The summed E-state index contributed by atoms with van der Waals surface area (Å²) in [4.78, 5) is 8.51. The third-order valence-electron chi connectivity index (χ3n) is 3.34. The summed E-state index contributed by atoms with van der Waals surface area (Å²) in [5.41, 5.74) is 1.05. The molecule has 0 saturated heterocycles. The predicted octanol–water partition coefficient (Wildman–Crippen LogP) is 2.80. The zero-order chi connectivity index (χ0) is 11.9. The third-order valence-corrected chi connectivity index (χ3v) is 4.81. The number of hydrogen-bond donors (Lipinski definition) is 1. The summed E-state index contributed by atoms with van der Waals surface area (Å²) in [5, 5.41) is 4.19. The molecule has 1 saturated carbocycles. The Bertz CT molecular complexity index is 312. The number of aromatic nitrogens is 2. The van der Waals surface area contributed by atoms with Gasteiger partial charge in [-0.05, 0) is 19.9 Å². The number of nitrogens with one attached hydrogen (secondary N) is 1. The fourth-order valence-electron chi connectivity index (χ4n) is 2.27. The van der Waals surface area contributed by atoms with E-state index >= 15 is 0 Å². The van der Waals surface area contributed by atoms with Gasteiger partial charge in [-0.3, -0.25) is 9.97 Å². The lowest BCUT2D eigenvalue weighted by Crippen LogP contribution is -2.22. The fourth-order valence-corrected chi connectivity index (χ4v) is 3.74. The van der Waals surface area contributed by atoms with Crippen LogP contribution in [0.3, 0.4) is 0 Å². The Labute approximate surface area is 108 Å². The van der Waals surface area contributed by atoms with E-state index in [9.17, 15) is 0 Å². The van der Waals surface area contributed by atoms with Crippen LogP contribution in [0.2, 0.25) is 0 Å². The molecule has 0 aromatic carbocycles. The van der Waals surface area contributed by atoms with Crippen molar-refractivity contribution >= 4 is 11.8 Å². The van der Waals surface area contributed by atoms with Gasteiger partial charge in [0.15, 0.2) is 0 Å². The van der Waals surface area contributed by atoms with E-state index in [2.05, 4.69) is 27.0 Å². The van der Waals surface area contributed by atoms with E-state index in [4.69, 9.17) is 0 Å². The normalized spacial score (nSPS) is 19.1. The second kappa shape index (κ2) is 6.97. The first-order valence-electron chi connectivity index (χ1n) is 6.45. The highest BCUT2D eigenvalue weighted by atomic mass is 32.2. The Morgan fingerprint density at radius 2 is 2.18 bits per heavy atom. The standard InChI is InChI=1S/C13H21N3S/c1-14-13(12-9-15-7-8-16-12)10-17-11-5-3-2-4-6-11/h7-9,11,13-14H,2-6,10H2,1H3. The molecule has 0 amide bonds. The topological polar surface area (TPSA) is 37.8 Å². The number of hydrogen-bond acceptors (Lipinski definition) is 4. The molecule has 1 atom stereocenters. The van der Waals surface area contributed by atoms with E-state index in [0.717, 1.165) is 16.7 Å². The maximum Gasteiger partial charge on any atom is 0.0764 e. The average molecular weight is 251 g/mol. The van der Waals surface area contributed by atoms with Crippen LogP contribution < -0.4 is 5.32 Å². The van der Waals surface area contributed by atoms with Gasteiger partial charge in [-0.1, -0.05) is 19.3 Å². The summed E-state index contributed by atoms with van der Waals surface area (Å²) in [6, 6.07) is 0.329. The smallest absolute Gasteiger partial charge is 0.0764 e. The lowest BCUT2D eigenvalue weighted by molar-refractivity contribution is 0.514. The summed E-state index contributed by atoms with van der Waals surface area (Å²) in [6.45, 7) is 0. The minimum atomic E-state index is 0.329. The Kier molecular flexibility index (Phi) is 5.26. The third kappa shape index (κ3) is 3.96. The van der Waals surface area contributed by atoms with E-state index < -0.39 is 0 Å². The molecule has 3 nitrogen and oxygen atoms in total. The molecule has 4 heteroatoms. The first kappa shape index (κ1) is 12.8. The summed E-state index contributed by atoms with van der Waals surface area (Å²) < 4.78 is 0. The highest BCUT2D eigenvalue weighted by molar-refractivity contribution is 7.99. The molecule has 0 aliphatic heterocycles. The van der Waals surface area contributed by atoms with Crippen molar-refractivity contribution in [2.75, 3.05) is 12.8 Å². The maximum absolute atomic E-state index is 4.38. The summed E-state index contributed by atoms with van der Waals surface area (Å²) >= 11 is 2.09. The van der Waals surface area contributed by atoms with E-state index in [1.807, 2.05) is 13.2 Å². The quantitative estimate of drug-likeness (QED) is 0.873. The van der Waals surface area contributed by atoms with Crippen LogP contribution >= 0.6 is 11.8 Å². The first-order chi connectivity index (χ1) is 8.40. The zero-order valence-corrected chi connectivity index (χ0v) is 11.2. The van der Waals surface area contributed by atoms with Gasteiger partial charge < -0.3 is 5.32 Å². The molecule has 0 radical (unpaired) electrons. The van der Waals surface area contributed by atoms with Gasteiger partial charge >= 0.3 is 0 Å². The van der Waals surface area contributed by atoms with E-state index in [1.165, 1.54) is 32.1 Å². The summed E-state index contributed by atoms with van der Waals surface area (Å²) in [5.74, 6) is 1.10. The minimum Gasteiger partial charge on any atom is -0.311 e. The second-order valence-electron chi connectivity index (χ2n) is 4.56. The van der Waals surface area contributed by atoms with Gasteiger partial charge in [-0.2, -0.15) is 11.8 Å².